The van der Waals surface area contributed by atoms with Crippen LogP contribution in [0, 0.1) is 0 Å². The fourth-order valence-corrected chi connectivity index (χ4v) is 8.71. The molecule has 0 aromatic rings. The van der Waals surface area contributed by atoms with E-state index in [1.807, 2.05) is 0 Å². The summed E-state index contributed by atoms with van der Waals surface area (Å²) in [6, 6.07) is 0. The molecule has 4 nitrogen and oxygen atoms in total. The van der Waals surface area contributed by atoms with Gasteiger partial charge in [0.25, 0.3) is 0 Å². The van der Waals surface area contributed by atoms with Crippen molar-refractivity contribution in [1.29, 1.82) is 0 Å². The van der Waals surface area contributed by atoms with E-state index in [0.717, 1.165) is 0 Å². The second-order valence-corrected chi connectivity index (χ2v) is 11.2. The maximum absolute atomic E-state index is 2.67. The summed E-state index contributed by atoms with van der Waals surface area (Å²) >= 11 is 0. The number of nitrogens with zero attached hydrogens (tertiary/aromatic N) is 4. The Bertz CT molecular complexity index is 237. The van der Waals surface area contributed by atoms with E-state index in [4.69, 9.17) is 0 Å². The minimum atomic E-state index is -1.96. The molecular formula is C17H43N4P. The molecule has 0 heterocycles. The molecule has 0 saturated carbocycles. The Kier molecular flexibility index (Phi) is 11.9. The van der Waals surface area contributed by atoms with Gasteiger partial charge in [-0.1, -0.05) is 0 Å². The Morgan fingerprint density at radius 2 is 0.818 bits per heavy atom. The molecule has 0 aliphatic carbocycles. The number of unbranched alkanes of at least 4 members (excludes halogenated alkanes) is 3. The first-order chi connectivity index (χ1) is 10.4. The molecule has 22 heavy (non-hydrogen) atoms. The molecule has 0 bridgehead atoms. The van der Waals surface area contributed by atoms with Crippen molar-refractivity contribution in [1.82, 2.24) is 18.7 Å². The van der Waals surface area contributed by atoms with E-state index < -0.39 is 7.87 Å². The Morgan fingerprint density at radius 1 is 0.545 bits per heavy atom. The van der Waals surface area contributed by atoms with E-state index in [-0.39, 0.29) is 0 Å². The van der Waals surface area contributed by atoms with Crippen LogP contribution in [0.25, 0.3) is 0 Å². The first-order valence-electron chi connectivity index (χ1n) is 9.20. The van der Waals surface area contributed by atoms with E-state index in [2.05, 4.69) is 74.7 Å². The molecule has 0 amide bonds. The van der Waals surface area contributed by atoms with Gasteiger partial charge in [-0.2, -0.15) is 0 Å². The number of hydrogen-bond donors (Lipinski definition) is 0. The average Bonchev–Trinajstić information content (AvgIpc) is 2.48. The number of hydrogen-bond acceptors (Lipinski definition) is 4. The monoisotopic (exact) mass is 334 g/mol. The van der Waals surface area contributed by atoms with Crippen LogP contribution < -0.4 is 0 Å². The molecule has 0 N–H and O–H groups in total. The van der Waals surface area contributed by atoms with Crippen LogP contribution in [-0.4, -0.2) is 73.6 Å². The summed E-state index contributed by atoms with van der Waals surface area (Å²) in [4.78, 5) is 0. The van der Waals surface area contributed by atoms with Crippen LogP contribution in [0.4, 0.5) is 0 Å². The summed E-state index contributed by atoms with van der Waals surface area (Å²) in [5.74, 6) is 0. The molecule has 5 heteroatoms. The molecular weight excluding hydrogens is 291 g/mol. The van der Waals surface area contributed by atoms with Gasteiger partial charge in [0.15, 0.2) is 0 Å². The van der Waals surface area contributed by atoms with Crippen molar-refractivity contribution in [3.8, 4) is 0 Å². The number of rotatable bonds is 13. The van der Waals surface area contributed by atoms with Crippen LogP contribution in [0.3, 0.4) is 0 Å². The second-order valence-electron chi connectivity index (χ2n) is 6.82. The summed E-state index contributed by atoms with van der Waals surface area (Å²) in [6.07, 6.45) is 7.63. The molecule has 0 unspecified atom stereocenters. The first-order valence-corrected chi connectivity index (χ1v) is 11.0. The van der Waals surface area contributed by atoms with E-state index in [9.17, 15) is 0 Å². The molecule has 0 radical (unpaired) electrons. The maximum atomic E-state index is 2.67. The third-order valence-corrected chi connectivity index (χ3v) is 9.62. The zero-order valence-electron chi connectivity index (χ0n) is 16.7. The van der Waals surface area contributed by atoms with Crippen molar-refractivity contribution in [2.75, 3.05) is 54.9 Å². The minimum absolute atomic E-state index is 1.19. The predicted octanol–water partition coefficient (Wildman–Crippen LogP) is 4.15. The normalized spacial score (nSPS) is 13.8. The van der Waals surface area contributed by atoms with Crippen LogP contribution in [0.5, 0.6) is 0 Å². The quantitative estimate of drug-likeness (QED) is 0.469. The third kappa shape index (κ3) is 5.72. The van der Waals surface area contributed by atoms with Crippen LogP contribution in [-0.2, 0) is 0 Å². The van der Waals surface area contributed by atoms with Crippen molar-refractivity contribution in [3.05, 3.63) is 0 Å². The Hall–Kier alpha value is 0.270. The Morgan fingerprint density at radius 3 is 1.00 bits per heavy atom. The van der Waals surface area contributed by atoms with Crippen LogP contribution in [0.15, 0.2) is 0 Å². The Balaban J connectivity index is 5.42. The molecule has 0 aliphatic heterocycles. The second kappa shape index (κ2) is 11.8. The van der Waals surface area contributed by atoms with Gasteiger partial charge in [0.05, 0.1) is 0 Å². The zero-order chi connectivity index (χ0) is 17.2. The van der Waals surface area contributed by atoms with E-state index in [1.165, 1.54) is 58.2 Å². The van der Waals surface area contributed by atoms with E-state index in [1.54, 1.807) is 0 Å². The average molecular weight is 335 g/mol. The SMILES string of the molecule is CCCCN(C)[PH](N(C)C)(N(C)CCCC)N(C)CCCC. The molecule has 0 rings (SSSR count). The predicted molar refractivity (Wildman–Crippen MR) is 105 cm³/mol. The fourth-order valence-electron chi connectivity index (χ4n) is 3.53. The summed E-state index contributed by atoms with van der Waals surface area (Å²) < 4.78 is 10.5. The van der Waals surface area contributed by atoms with E-state index >= 15 is 0 Å². The van der Waals surface area contributed by atoms with Gasteiger partial charge in [-0.05, 0) is 0 Å². The topological polar surface area (TPSA) is 13.0 Å². The summed E-state index contributed by atoms with van der Waals surface area (Å²) in [5.41, 5.74) is 0. The van der Waals surface area contributed by atoms with Crippen molar-refractivity contribution < 1.29 is 0 Å². The summed E-state index contributed by atoms with van der Waals surface area (Å²) in [5, 5.41) is 0. The Labute approximate surface area is 141 Å². The molecule has 0 atom stereocenters. The zero-order valence-corrected chi connectivity index (χ0v) is 17.7. The third-order valence-electron chi connectivity index (χ3n) is 4.68. The van der Waals surface area contributed by atoms with Gasteiger partial charge in [-0.15, -0.1) is 0 Å². The van der Waals surface area contributed by atoms with E-state index in [0.29, 0.717) is 0 Å². The van der Waals surface area contributed by atoms with Gasteiger partial charge >= 0.3 is 141 Å². The van der Waals surface area contributed by atoms with Gasteiger partial charge in [-0.3, -0.25) is 0 Å². The molecule has 0 spiro atoms. The standard InChI is InChI=1S/C17H43N4P/c1-9-12-15-19(6)22(18(4)5,20(7)16-13-10-2)21(8)17-14-11-3/h22H,9-17H2,1-8H3. The molecule has 0 aliphatic rings. The van der Waals surface area contributed by atoms with Gasteiger partial charge in [-0.25, -0.2) is 0 Å². The van der Waals surface area contributed by atoms with Gasteiger partial charge in [0, 0.05) is 0 Å². The molecule has 0 saturated heterocycles. The first kappa shape index (κ1) is 22.3. The van der Waals surface area contributed by atoms with Crippen LogP contribution in [0.1, 0.15) is 59.3 Å². The molecule has 0 fully saturated rings. The summed E-state index contributed by atoms with van der Waals surface area (Å²) in [6.45, 7) is 10.4. The van der Waals surface area contributed by atoms with Gasteiger partial charge in [0.2, 0.25) is 0 Å². The van der Waals surface area contributed by atoms with Gasteiger partial charge in [0.1, 0.15) is 0 Å². The van der Waals surface area contributed by atoms with Crippen LogP contribution >= 0.6 is 7.87 Å². The van der Waals surface area contributed by atoms with Crippen molar-refractivity contribution in [3.63, 3.8) is 0 Å². The van der Waals surface area contributed by atoms with Crippen molar-refractivity contribution in [2.24, 2.45) is 0 Å². The van der Waals surface area contributed by atoms with Crippen LogP contribution in [0.2, 0.25) is 0 Å². The van der Waals surface area contributed by atoms with Gasteiger partial charge < -0.3 is 0 Å². The van der Waals surface area contributed by atoms with Crippen molar-refractivity contribution >= 4 is 7.87 Å². The summed E-state index contributed by atoms with van der Waals surface area (Å²) in [7, 11) is 9.61. The molecule has 136 valence electrons. The molecule has 0 aromatic carbocycles. The molecule has 0 aromatic heterocycles. The van der Waals surface area contributed by atoms with Crippen molar-refractivity contribution in [2.45, 2.75) is 59.3 Å². The fraction of sp³-hybridized carbons (Fsp3) is 1.00.